The molecule has 170 valence electrons. The van der Waals surface area contributed by atoms with E-state index in [1.807, 2.05) is 55.5 Å². The maximum atomic E-state index is 6.29. The first kappa shape index (κ1) is 21.8. The van der Waals surface area contributed by atoms with Crippen molar-refractivity contribution < 1.29 is 9.15 Å². The Morgan fingerprint density at radius 2 is 1.82 bits per heavy atom. The molecule has 5 rings (SSSR count). The minimum Gasteiger partial charge on any atom is -0.497 e. The number of thioether (sulfide) groups is 1. The van der Waals surface area contributed by atoms with Crippen LogP contribution in [-0.4, -0.2) is 45.2 Å². The lowest BCUT2D eigenvalue weighted by molar-refractivity contribution is 0.415. The van der Waals surface area contributed by atoms with Gasteiger partial charge in [-0.2, -0.15) is 0 Å². The number of benzene rings is 2. The van der Waals surface area contributed by atoms with Gasteiger partial charge in [-0.1, -0.05) is 29.4 Å². The molecule has 10 heteroatoms. The van der Waals surface area contributed by atoms with E-state index < -0.39 is 0 Å². The Balaban J connectivity index is 1.42. The molecule has 0 bridgehead atoms. The first-order chi connectivity index (χ1) is 16.1. The van der Waals surface area contributed by atoms with E-state index in [1.165, 1.54) is 11.8 Å². The van der Waals surface area contributed by atoms with Crippen molar-refractivity contribution in [3.8, 4) is 22.9 Å². The SMILES string of the molecule is COc1ccc(-c2nnc([C@H](C)Sc3nnc(N4CCCC4)n3-c3cccc(Cl)c3)o2)cc1. The van der Waals surface area contributed by atoms with Crippen molar-refractivity contribution >= 4 is 29.3 Å². The number of halogens is 1. The van der Waals surface area contributed by atoms with Crippen LogP contribution in [-0.2, 0) is 0 Å². The van der Waals surface area contributed by atoms with Gasteiger partial charge in [0, 0.05) is 23.7 Å². The highest BCUT2D eigenvalue weighted by Crippen LogP contribution is 2.38. The van der Waals surface area contributed by atoms with E-state index in [4.69, 9.17) is 20.8 Å². The molecule has 1 aliphatic heterocycles. The van der Waals surface area contributed by atoms with Gasteiger partial charge in [-0.25, -0.2) is 0 Å². The van der Waals surface area contributed by atoms with Gasteiger partial charge in [0.25, 0.3) is 0 Å². The molecule has 33 heavy (non-hydrogen) atoms. The molecule has 2 aromatic heterocycles. The largest absolute Gasteiger partial charge is 0.497 e. The van der Waals surface area contributed by atoms with E-state index >= 15 is 0 Å². The molecular formula is C23H23ClN6O2S. The number of hydrogen-bond donors (Lipinski definition) is 0. The highest BCUT2D eigenvalue weighted by atomic mass is 35.5. The van der Waals surface area contributed by atoms with E-state index in [2.05, 4.69) is 29.9 Å². The molecule has 0 spiro atoms. The lowest BCUT2D eigenvalue weighted by Crippen LogP contribution is -2.22. The summed E-state index contributed by atoms with van der Waals surface area (Å²) in [4.78, 5) is 2.26. The highest BCUT2D eigenvalue weighted by molar-refractivity contribution is 7.99. The van der Waals surface area contributed by atoms with Crippen LogP contribution in [0.5, 0.6) is 5.75 Å². The van der Waals surface area contributed by atoms with Gasteiger partial charge in [0.1, 0.15) is 5.75 Å². The van der Waals surface area contributed by atoms with Gasteiger partial charge in [0.2, 0.25) is 17.7 Å². The molecule has 0 aliphatic carbocycles. The summed E-state index contributed by atoms with van der Waals surface area (Å²) in [6.45, 7) is 3.95. The monoisotopic (exact) mass is 482 g/mol. The zero-order valence-electron chi connectivity index (χ0n) is 18.3. The molecule has 4 aromatic rings. The summed E-state index contributed by atoms with van der Waals surface area (Å²) in [7, 11) is 1.63. The van der Waals surface area contributed by atoms with Crippen LogP contribution < -0.4 is 9.64 Å². The quantitative estimate of drug-likeness (QED) is 0.322. The summed E-state index contributed by atoms with van der Waals surface area (Å²) in [5.74, 6) is 2.59. The van der Waals surface area contributed by atoms with Gasteiger partial charge in [0.05, 0.1) is 18.0 Å². The fourth-order valence-electron chi connectivity index (χ4n) is 3.76. The first-order valence-corrected chi connectivity index (χ1v) is 12.0. The molecule has 0 radical (unpaired) electrons. The second-order valence-corrected chi connectivity index (χ2v) is 9.47. The molecule has 0 N–H and O–H groups in total. The third-order valence-corrected chi connectivity index (χ3v) is 6.74. The third kappa shape index (κ3) is 4.56. The fourth-order valence-corrected chi connectivity index (χ4v) is 4.84. The standard InChI is InChI=1S/C23H23ClN6O2S/c1-15(20-25-26-21(32-20)16-8-10-19(31-2)11-9-16)33-23-28-27-22(29-12-3-4-13-29)30(23)18-7-5-6-17(24)14-18/h5-11,14-15H,3-4,12-13H2,1-2H3/t15-/m0/s1. The summed E-state index contributed by atoms with van der Waals surface area (Å²) >= 11 is 7.81. The van der Waals surface area contributed by atoms with Gasteiger partial charge in [-0.3, -0.25) is 4.57 Å². The molecule has 1 atom stereocenters. The second kappa shape index (κ2) is 9.44. The number of methoxy groups -OCH3 is 1. The Kier molecular flexibility index (Phi) is 6.24. The van der Waals surface area contributed by atoms with Crippen LogP contribution in [0.3, 0.4) is 0 Å². The molecule has 1 saturated heterocycles. The van der Waals surface area contributed by atoms with Gasteiger partial charge in [-0.15, -0.1) is 20.4 Å². The van der Waals surface area contributed by atoms with E-state index in [9.17, 15) is 0 Å². The Bertz CT molecular complexity index is 1240. The molecule has 1 fully saturated rings. The van der Waals surface area contributed by atoms with Crippen LogP contribution in [0, 0.1) is 0 Å². The topological polar surface area (TPSA) is 82.1 Å². The van der Waals surface area contributed by atoms with Crippen LogP contribution >= 0.6 is 23.4 Å². The smallest absolute Gasteiger partial charge is 0.247 e. The van der Waals surface area contributed by atoms with Crippen molar-refractivity contribution in [2.24, 2.45) is 0 Å². The van der Waals surface area contributed by atoms with Crippen LogP contribution in [0.4, 0.5) is 5.95 Å². The van der Waals surface area contributed by atoms with Crippen molar-refractivity contribution in [2.45, 2.75) is 30.2 Å². The summed E-state index contributed by atoms with van der Waals surface area (Å²) in [6.07, 6.45) is 2.30. The maximum absolute atomic E-state index is 6.29. The first-order valence-electron chi connectivity index (χ1n) is 10.7. The van der Waals surface area contributed by atoms with Gasteiger partial charge in [0.15, 0.2) is 5.16 Å². The number of nitrogens with zero attached hydrogens (tertiary/aromatic N) is 6. The van der Waals surface area contributed by atoms with Crippen LogP contribution in [0.1, 0.15) is 30.9 Å². The molecule has 1 aliphatic rings. The van der Waals surface area contributed by atoms with E-state index in [0.717, 1.165) is 54.0 Å². The molecule has 0 saturated carbocycles. The van der Waals surface area contributed by atoms with E-state index in [0.29, 0.717) is 16.8 Å². The lowest BCUT2D eigenvalue weighted by atomic mass is 10.2. The lowest BCUT2D eigenvalue weighted by Gasteiger charge is -2.19. The number of ether oxygens (including phenoxy) is 1. The molecule has 0 unspecified atom stereocenters. The normalized spacial score (nSPS) is 14.6. The minimum atomic E-state index is -0.127. The van der Waals surface area contributed by atoms with E-state index in [-0.39, 0.29) is 5.25 Å². The summed E-state index contributed by atoms with van der Waals surface area (Å²) < 4.78 is 13.2. The Labute approximate surface area is 200 Å². The van der Waals surface area contributed by atoms with Gasteiger partial charge < -0.3 is 14.1 Å². The average Bonchev–Trinajstić information content (AvgIpc) is 3.59. The summed E-state index contributed by atoms with van der Waals surface area (Å²) in [5, 5.41) is 18.8. The van der Waals surface area contributed by atoms with Crippen LogP contribution in [0.25, 0.3) is 17.1 Å². The van der Waals surface area contributed by atoms with Crippen molar-refractivity contribution in [3.05, 3.63) is 59.4 Å². The summed E-state index contributed by atoms with van der Waals surface area (Å²) in [5.41, 5.74) is 1.76. The maximum Gasteiger partial charge on any atom is 0.247 e. The Morgan fingerprint density at radius 3 is 2.55 bits per heavy atom. The van der Waals surface area contributed by atoms with Crippen molar-refractivity contribution in [3.63, 3.8) is 0 Å². The van der Waals surface area contributed by atoms with Crippen LogP contribution in [0.15, 0.2) is 58.1 Å². The van der Waals surface area contributed by atoms with Gasteiger partial charge >= 0.3 is 0 Å². The molecule has 2 aromatic carbocycles. The number of aromatic nitrogens is 5. The molecule has 0 amide bonds. The zero-order valence-corrected chi connectivity index (χ0v) is 19.9. The number of anilines is 1. The second-order valence-electron chi connectivity index (χ2n) is 7.73. The molecular weight excluding hydrogens is 460 g/mol. The van der Waals surface area contributed by atoms with Gasteiger partial charge in [-0.05, 0) is 62.2 Å². The van der Waals surface area contributed by atoms with Crippen molar-refractivity contribution in [1.29, 1.82) is 0 Å². The predicted molar refractivity (Wildman–Crippen MR) is 128 cm³/mol. The number of rotatable bonds is 7. The third-order valence-electron chi connectivity index (χ3n) is 5.48. The molecule has 3 heterocycles. The highest BCUT2D eigenvalue weighted by Gasteiger charge is 2.25. The van der Waals surface area contributed by atoms with Crippen LogP contribution in [0.2, 0.25) is 5.02 Å². The predicted octanol–water partition coefficient (Wildman–Crippen LogP) is 5.43. The Morgan fingerprint density at radius 1 is 1.03 bits per heavy atom. The van der Waals surface area contributed by atoms with Crippen molar-refractivity contribution in [1.82, 2.24) is 25.0 Å². The number of hydrogen-bond acceptors (Lipinski definition) is 8. The zero-order chi connectivity index (χ0) is 22.8. The summed E-state index contributed by atoms with van der Waals surface area (Å²) in [6, 6.07) is 15.3. The van der Waals surface area contributed by atoms with E-state index in [1.54, 1.807) is 7.11 Å². The van der Waals surface area contributed by atoms with Crippen molar-refractivity contribution in [2.75, 3.05) is 25.1 Å². The Hall–Kier alpha value is -3.04. The fraction of sp³-hybridized carbons (Fsp3) is 0.304. The average molecular weight is 483 g/mol. The molecule has 8 nitrogen and oxygen atoms in total. The minimum absolute atomic E-state index is 0.127.